The molecule has 96 valence electrons. The highest BCUT2D eigenvalue weighted by atomic mass is 32.1. The summed E-state index contributed by atoms with van der Waals surface area (Å²) in [6.45, 7) is 0. The number of hydrogen-bond donors (Lipinski definition) is 1. The Hall–Kier alpha value is -2.28. The second kappa shape index (κ2) is 4.43. The van der Waals surface area contributed by atoms with Crippen LogP contribution in [0.5, 0.6) is 0 Å². The van der Waals surface area contributed by atoms with Crippen LogP contribution in [0.25, 0.3) is 10.2 Å². The number of hydrogen-bond acceptors (Lipinski definition) is 4. The quantitative estimate of drug-likeness (QED) is 0.782. The number of nitrogens with one attached hydrogen (secondary N) is 1. The molecule has 1 amide bonds. The summed E-state index contributed by atoms with van der Waals surface area (Å²) < 4.78 is 15.8. The van der Waals surface area contributed by atoms with E-state index >= 15 is 0 Å². The van der Waals surface area contributed by atoms with Gasteiger partial charge in [-0.25, -0.2) is 14.4 Å². The fourth-order valence-corrected chi connectivity index (χ4v) is 2.58. The lowest BCUT2D eigenvalue weighted by Crippen LogP contribution is -2.16. The fourth-order valence-electron chi connectivity index (χ4n) is 1.71. The van der Waals surface area contributed by atoms with Crippen LogP contribution in [-0.4, -0.2) is 20.4 Å². The van der Waals surface area contributed by atoms with Gasteiger partial charge in [0.25, 0.3) is 5.91 Å². The Labute approximate surface area is 111 Å². The predicted molar refractivity (Wildman–Crippen MR) is 70.7 cm³/mol. The molecule has 0 atom stereocenters. The average Bonchev–Trinajstić information content (AvgIpc) is 2.95. The Kier molecular flexibility index (Phi) is 2.75. The van der Waals surface area contributed by atoms with Crippen LogP contribution in [0.3, 0.4) is 0 Å². The maximum absolute atomic E-state index is 13.5. The molecule has 1 N–H and O–H groups in total. The zero-order valence-corrected chi connectivity index (χ0v) is 10.7. The molecule has 19 heavy (non-hydrogen) atoms. The van der Waals surface area contributed by atoms with Crippen molar-refractivity contribution in [2.24, 2.45) is 7.05 Å². The van der Waals surface area contributed by atoms with Gasteiger partial charge in [0.2, 0.25) is 0 Å². The predicted octanol–water partition coefficient (Wildman–Crippen LogP) is 2.42. The summed E-state index contributed by atoms with van der Waals surface area (Å²) in [5.74, 6) is -0.488. The summed E-state index contributed by atoms with van der Waals surface area (Å²) in [6.07, 6.45) is 3.21. The van der Waals surface area contributed by atoms with Crippen LogP contribution in [-0.2, 0) is 7.05 Å². The second-order valence-electron chi connectivity index (χ2n) is 3.92. The highest BCUT2D eigenvalue weighted by Crippen LogP contribution is 2.27. The third kappa shape index (κ3) is 2.08. The Morgan fingerprint density at radius 1 is 1.47 bits per heavy atom. The van der Waals surface area contributed by atoms with Crippen molar-refractivity contribution in [1.82, 2.24) is 14.5 Å². The minimum atomic E-state index is -0.397. The van der Waals surface area contributed by atoms with Crippen molar-refractivity contribution in [2.45, 2.75) is 0 Å². The van der Waals surface area contributed by atoms with Crippen molar-refractivity contribution >= 4 is 32.6 Å². The number of halogens is 1. The number of carbonyl (C=O) groups is 1. The molecule has 5 nitrogen and oxygen atoms in total. The monoisotopic (exact) mass is 276 g/mol. The van der Waals surface area contributed by atoms with Gasteiger partial charge in [0.05, 0.1) is 4.70 Å². The van der Waals surface area contributed by atoms with E-state index in [9.17, 15) is 9.18 Å². The smallest absolute Gasteiger partial charge is 0.293 e. The van der Waals surface area contributed by atoms with Gasteiger partial charge >= 0.3 is 0 Å². The number of aryl methyl sites for hydroxylation is 1. The number of thiazole rings is 1. The molecule has 0 unspecified atom stereocenters. The molecular weight excluding hydrogens is 267 g/mol. The van der Waals surface area contributed by atoms with Crippen molar-refractivity contribution < 1.29 is 9.18 Å². The van der Waals surface area contributed by atoms with Crippen LogP contribution in [0, 0.1) is 5.82 Å². The molecule has 0 aliphatic rings. The Morgan fingerprint density at radius 3 is 3.00 bits per heavy atom. The van der Waals surface area contributed by atoms with Crippen molar-refractivity contribution in [2.75, 3.05) is 5.32 Å². The first kappa shape index (κ1) is 11.8. The molecule has 0 spiro atoms. The molecule has 0 aliphatic heterocycles. The summed E-state index contributed by atoms with van der Waals surface area (Å²) in [6, 6.07) is 4.71. The first-order valence-corrected chi connectivity index (χ1v) is 6.30. The third-order valence-electron chi connectivity index (χ3n) is 2.61. The number of amides is 1. The zero-order valence-electron chi connectivity index (χ0n) is 9.92. The van der Waals surface area contributed by atoms with Crippen molar-refractivity contribution in [3.8, 4) is 0 Å². The molecule has 7 heteroatoms. The molecule has 0 radical (unpaired) electrons. The van der Waals surface area contributed by atoms with Gasteiger partial charge in [-0.05, 0) is 12.1 Å². The number of para-hydroxylation sites is 1. The van der Waals surface area contributed by atoms with Gasteiger partial charge in [-0.2, -0.15) is 0 Å². The SMILES string of the molecule is Cn1ccnc1C(=O)Nc1nc2c(F)cccc2s1. The van der Waals surface area contributed by atoms with Gasteiger partial charge in [0, 0.05) is 19.4 Å². The van der Waals surface area contributed by atoms with Crippen molar-refractivity contribution in [3.63, 3.8) is 0 Å². The number of nitrogens with zero attached hydrogens (tertiary/aromatic N) is 3. The standard InChI is InChI=1S/C12H9FN4OS/c1-17-6-5-14-10(17)11(18)16-12-15-9-7(13)3-2-4-8(9)19-12/h2-6H,1H3,(H,15,16,18). The van der Waals surface area contributed by atoms with Gasteiger partial charge in [0.1, 0.15) is 11.3 Å². The maximum Gasteiger partial charge on any atom is 0.293 e. The van der Waals surface area contributed by atoms with Crippen LogP contribution in [0.2, 0.25) is 0 Å². The van der Waals surface area contributed by atoms with Crippen molar-refractivity contribution in [1.29, 1.82) is 0 Å². The average molecular weight is 276 g/mol. The highest BCUT2D eigenvalue weighted by Gasteiger charge is 2.14. The lowest BCUT2D eigenvalue weighted by atomic mass is 10.3. The number of anilines is 1. The van der Waals surface area contributed by atoms with E-state index in [4.69, 9.17) is 0 Å². The van der Waals surface area contributed by atoms with Gasteiger partial charge in [-0.3, -0.25) is 10.1 Å². The fraction of sp³-hybridized carbons (Fsp3) is 0.0833. The lowest BCUT2D eigenvalue weighted by Gasteiger charge is -2.00. The molecule has 2 aromatic heterocycles. The maximum atomic E-state index is 13.5. The number of imidazole rings is 1. The molecule has 0 saturated heterocycles. The van der Waals surface area contributed by atoms with E-state index < -0.39 is 5.82 Å². The van der Waals surface area contributed by atoms with E-state index in [0.29, 0.717) is 9.83 Å². The largest absolute Gasteiger partial charge is 0.330 e. The normalized spacial score (nSPS) is 10.8. The molecule has 3 rings (SSSR count). The molecule has 1 aromatic carbocycles. The van der Waals surface area contributed by atoms with E-state index in [1.54, 1.807) is 29.9 Å². The van der Waals surface area contributed by atoms with Crippen LogP contribution < -0.4 is 5.32 Å². The lowest BCUT2D eigenvalue weighted by molar-refractivity contribution is 0.101. The van der Waals surface area contributed by atoms with Gasteiger partial charge in [-0.1, -0.05) is 17.4 Å². The van der Waals surface area contributed by atoms with Gasteiger partial charge in [-0.15, -0.1) is 0 Å². The molecule has 0 saturated carbocycles. The van der Waals surface area contributed by atoms with Crippen LogP contribution in [0.15, 0.2) is 30.6 Å². The second-order valence-corrected chi connectivity index (χ2v) is 4.95. The van der Waals surface area contributed by atoms with E-state index in [-0.39, 0.29) is 17.2 Å². The van der Waals surface area contributed by atoms with E-state index in [1.165, 1.54) is 23.6 Å². The van der Waals surface area contributed by atoms with Gasteiger partial charge in [0.15, 0.2) is 11.0 Å². The van der Waals surface area contributed by atoms with E-state index in [2.05, 4.69) is 15.3 Å². The minimum Gasteiger partial charge on any atom is -0.330 e. The summed E-state index contributed by atoms with van der Waals surface area (Å²) in [5.41, 5.74) is 0.266. The molecule has 0 aliphatic carbocycles. The van der Waals surface area contributed by atoms with Crippen LogP contribution in [0.4, 0.5) is 9.52 Å². The molecule has 0 fully saturated rings. The summed E-state index contributed by atoms with van der Waals surface area (Å²) >= 11 is 1.22. The Bertz CT molecular complexity index is 764. The highest BCUT2D eigenvalue weighted by molar-refractivity contribution is 7.22. The zero-order chi connectivity index (χ0) is 13.4. The Morgan fingerprint density at radius 2 is 2.32 bits per heavy atom. The molecule has 3 aromatic rings. The first-order valence-electron chi connectivity index (χ1n) is 5.49. The van der Waals surface area contributed by atoms with E-state index in [1.807, 2.05) is 0 Å². The van der Waals surface area contributed by atoms with Crippen LogP contribution >= 0.6 is 11.3 Å². The third-order valence-corrected chi connectivity index (χ3v) is 3.55. The molecular formula is C12H9FN4OS. The summed E-state index contributed by atoms with van der Waals surface area (Å²) in [4.78, 5) is 19.9. The Balaban J connectivity index is 1.92. The number of benzene rings is 1. The molecule has 2 heterocycles. The summed E-state index contributed by atoms with van der Waals surface area (Å²) in [5, 5.41) is 2.98. The van der Waals surface area contributed by atoms with Gasteiger partial charge < -0.3 is 4.57 Å². The first-order chi connectivity index (χ1) is 9.15. The summed E-state index contributed by atoms with van der Waals surface area (Å²) in [7, 11) is 1.72. The number of carbonyl (C=O) groups excluding carboxylic acids is 1. The van der Waals surface area contributed by atoms with Crippen molar-refractivity contribution in [3.05, 3.63) is 42.2 Å². The molecule has 0 bridgehead atoms. The topological polar surface area (TPSA) is 59.8 Å². The number of rotatable bonds is 2. The number of fused-ring (bicyclic) bond motifs is 1. The number of aromatic nitrogens is 3. The van der Waals surface area contributed by atoms with Crippen LogP contribution in [0.1, 0.15) is 10.6 Å². The minimum absolute atomic E-state index is 0.266. The van der Waals surface area contributed by atoms with E-state index in [0.717, 1.165) is 0 Å².